The number of benzene rings is 1. The van der Waals surface area contributed by atoms with Crippen LogP contribution in [0.4, 0.5) is 0 Å². The Morgan fingerprint density at radius 2 is 1.88 bits per heavy atom. The molecule has 0 aromatic heterocycles. The van der Waals surface area contributed by atoms with Gasteiger partial charge >= 0.3 is 5.97 Å². The lowest BCUT2D eigenvalue weighted by Gasteiger charge is -2.04. The van der Waals surface area contributed by atoms with E-state index in [2.05, 4.69) is 12.1 Å². The first kappa shape index (κ1) is 13.7. The molecule has 0 amide bonds. The van der Waals surface area contributed by atoms with E-state index in [1.807, 2.05) is 18.2 Å². The molecular weight excluding hydrogens is 216 g/mol. The van der Waals surface area contributed by atoms with E-state index in [0.717, 1.165) is 19.3 Å². The number of aliphatic hydroxyl groups excluding tert-OH is 1. The number of rotatable bonds is 8. The summed E-state index contributed by atoms with van der Waals surface area (Å²) in [6, 6.07) is 10.1. The highest BCUT2D eigenvalue weighted by molar-refractivity contribution is 5.69. The normalized spacial score (nSPS) is 10.2. The number of hydrogen-bond donors (Lipinski definition) is 1. The molecule has 1 aromatic rings. The third-order valence-electron chi connectivity index (χ3n) is 2.50. The lowest BCUT2D eigenvalue weighted by atomic mass is 10.1. The molecule has 0 bridgehead atoms. The van der Waals surface area contributed by atoms with Gasteiger partial charge in [0.15, 0.2) is 0 Å². The molecule has 0 aliphatic heterocycles. The van der Waals surface area contributed by atoms with Crippen molar-refractivity contribution in [3.8, 4) is 0 Å². The first-order chi connectivity index (χ1) is 8.33. The van der Waals surface area contributed by atoms with E-state index in [0.29, 0.717) is 19.4 Å². The zero-order valence-corrected chi connectivity index (χ0v) is 10.1. The summed E-state index contributed by atoms with van der Waals surface area (Å²) in [4.78, 5) is 11.3. The molecule has 0 saturated carbocycles. The fourth-order valence-corrected chi connectivity index (χ4v) is 1.55. The van der Waals surface area contributed by atoms with Gasteiger partial charge in [0, 0.05) is 13.0 Å². The molecule has 0 atom stereocenters. The SMILES string of the molecule is O=C(CCCc1ccccc1)OCCCCO. The molecule has 0 radical (unpaired) electrons. The van der Waals surface area contributed by atoms with Crippen LogP contribution < -0.4 is 0 Å². The second-order valence-electron chi connectivity index (χ2n) is 3.99. The maximum Gasteiger partial charge on any atom is 0.305 e. The van der Waals surface area contributed by atoms with Crippen molar-refractivity contribution >= 4 is 5.97 Å². The number of esters is 1. The van der Waals surface area contributed by atoms with E-state index in [1.165, 1.54) is 5.56 Å². The number of unbranched alkanes of at least 4 members (excludes halogenated alkanes) is 1. The zero-order valence-electron chi connectivity index (χ0n) is 10.1. The van der Waals surface area contributed by atoms with Gasteiger partial charge in [0.1, 0.15) is 0 Å². The minimum atomic E-state index is -0.140. The number of carbonyl (C=O) groups excluding carboxylic acids is 1. The molecule has 17 heavy (non-hydrogen) atoms. The first-order valence-electron chi connectivity index (χ1n) is 6.13. The van der Waals surface area contributed by atoms with E-state index in [-0.39, 0.29) is 12.6 Å². The molecule has 0 aliphatic carbocycles. The predicted octanol–water partition coefficient (Wildman–Crippen LogP) is 2.33. The third-order valence-corrected chi connectivity index (χ3v) is 2.50. The van der Waals surface area contributed by atoms with E-state index in [1.54, 1.807) is 0 Å². The van der Waals surface area contributed by atoms with Crippen LogP contribution in [0.3, 0.4) is 0 Å². The van der Waals surface area contributed by atoms with Crippen LogP contribution >= 0.6 is 0 Å². The van der Waals surface area contributed by atoms with Crippen LogP contribution in [0.2, 0.25) is 0 Å². The lowest BCUT2D eigenvalue weighted by molar-refractivity contribution is -0.143. The van der Waals surface area contributed by atoms with Gasteiger partial charge in [0.05, 0.1) is 6.61 Å². The average Bonchev–Trinajstić information content (AvgIpc) is 2.36. The van der Waals surface area contributed by atoms with E-state index in [4.69, 9.17) is 9.84 Å². The van der Waals surface area contributed by atoms with Gasteiger partial charge in [0.25, 0.3) is 0 Å². The molecule has 3 heteroatoms. The van der Waals surface area contributed by atoms with Crippen molar-refractivity contribution in [3.05, 3.63) is 35.9 Å². The zero-order chi connectivity index (χ0) is 12.3. The summed E-state index contributed by atoms with van der Waals surface area (Å²) in [5.74, 6) is -0.140. The van der Waals surface area contributed by atoms with Gasteiger partial charge in [-0.25, -0.2) is 0 Å². The Bertz CT molecular complexity index is 309. The molecule has 0 saturated heterocycles. The maximum absolute atomic E-state index is 11.3. The average molecular weight is 236 g/mol. The van der Waals surface area contributed by atoms with E-state index in [9.17, 15) is 4.79 Å². The smallest absolute Gasteiger partial charge is 0.305 e. The Hall–Kier alpha value is -1.35. The van der Waals surface area contributed by atoms with Crippen LogP contribution in [0.1, 0.15) is 31.2 Å². The standard InChI is InChI=1S/C14H20O3/c15-11-4-5-12-17-14(16)10-6-9-13-7-2-1-3-8-13/h1-3,7-8,15H,4-6,9-12H2. The van der Waals surface area contributed by atoms with E-state index < -0.39 is 0 Å². The van der Waals surface area contributed by atoms with Gasteiger partial charge in [-0.2, -0.15) is 0 Å². The number of aliphatic hydroxyl groups is 1. The van der Waals surface area contributed by atoms with Crippen molar-refractivity contribution in [3.63, 3.8) is 0 Å². The van der Waals surface area contributed by atoms with Crippen LogP contribution in [0.15, 0.2) is 30.3 Å². The first-order valence-corrected chi connectivity index (χ1v) is 6.13. The number of carbonyl (C=O) groups is 1. The van der Waals surface area contributed by atoms with Gasteiger partial charge in [-0.3, -0.25) is 4.79 Å². The Labute approximate surface area is 102 Å². The van der Waals surface area contributed by atoms with Gasteiger partial charge in [-0.15, -0.1) is 0 Å². The highest BCUT2D eigenvalue weighted by atomic mass is 16.5. The molecule has 1 rings (SSSR count). The molecule has 94 valence electrons. The van der Waals surface area contributed by atoms with Gasteiger partial charge in [-0.1, -0.05) is 30.3 Å². The van der Waals surface area contributed by atoms with Crippen molar-refractivity contribution < 1.29 is 14.6 Å². The Morgan fingerprint density at radius 1 is 1.12 bits per heavy atom. The summed E-state index contributed by atoms with van der Waals surface area (Å²) in [7, 11) is 0. The Balaban J connectivity index is 2.04. The summed E-state index contributed by atoms with van der Waals surface area (Å²) in [6.45, 7) is 0.580. The molecule has 0 fully saturated rings. The van der Waals surface area contributed by atoms with Crippen molar-refractivity contribution in [1.29, 1.82) is 0 Å². The molecule has 1 N–H and O–H groups in total. The summed E-state index contributed by atoms with van der Waals surface area (Å²) in [5, 5.41) is 8.56. The van der Waals surface area contributed by atoms with Crippen LogP contribution in [0.25, 0.3) is 0 Å². The molecular formula is C14H20O3. The Morgan fingerprint density at radius 3 is 2.59 bits per heavy atom. The second-order valence-corrected chi connectivity index (χ2v) is 3.99. The molecule has 3 nitrogen and oxygen atoms in total. The number of aryl methyl sites for hydroxylation is 1. The minimum absolute atomic E-state index is 0.140. The number of hydrogen-bond acceptors (Lipinski definition) is 3. The highest BCUT2D eigenvalue weighted by Crippen LogP contribution is 2.05. The summed E-state index contributed by atoms with van der Waals surface area (Å²) in [6.07, 6.45) is 3.63. The molecule has 0 aliphatic rings. The van der Waals surface area contributed by atoms with E-state index >= 15 is 0 Å². The van der Waals surface area contributed by atoms with Gasteiger partial charge in [0.2, 0.25) is 0 Å². The fraction of sp³-hybridized carbons (Fsp3) is 0.500. The van der Waals surface area contributed by atoms with Crippen LogP contribution in [-0.2, 0) is 16.0 Å². The molecule has 0 unspecified atom stereocenters. The number of ether oxygens (including phenoxy) is 1. The highest BCUT2D eigenvalue weighted by Gasteiger charge is 2.02. The van der Waals surface area contributed by atoms with Crippen LogP contribution in [0, 0.1) is 0 Å². The minimum Gasteiger partial charge on any atom is -0.466 e. The van der Waals surface area contributed by atoms with Crippen molar-refractivity contribution in [2.45, 2.75) is 32.1 Å². The second kappa shape index (κ2) is 8.76. The molecule has 0 spiro atoms. The monoisotopic (exact) mass is 236 g/mol. The van der Waals surface area contributed by atoms with Crippen molar-refractivity contribution in [2.24, 2.45) is 0 Å². The maximum atomic E-state index is 11.3. The summed E-state index contributed by atoms with van der Waals surface area (Å²) >= 11 is 0. The Kier molecular flexibility index (Phi) is 7.07. The fourth-order valence-electron chi connectivity index (χ4n) is 1.55. The van der Waals surface area contributed by atoms with Crippen LogP contribution in [0.5, 0.6) is 0 Å². The summed E-state index contributed by atoms with van der Waals surface area (Å²) in [5.41, 5.74) is 1.25. The quantitative estimate of drug-likeness (QED) is 0.556. The lowest BCUT2D eigenvalue weighted by Crippen LogP contribution is -2.06. The molecule has 0 heterocycles. The largest absolute Gasteiger partial charge is 0.466 e. The van der Waals surface area contributed by atoms with Crippen molar-refractivity contribution in [1.82, 2.24) is 0 Å². The van der Waals surface area contributed by atoms with Gasteiger partial charge < -0.3 is 9.84 Å². The third kappa shape index (κ3) is 6.74. The molecule has 1 aromatic carbocycles. The summed E-state index contributed by atoms with van der Waals surface area (Å²) < 4.78 is 5.03. The van der Waals surface area contributed by atoms with Crippen LogP contribution in [-0.4, -0.2) is 24.3 Å². The topological polar surface area (TPSA) is 46.5 Å². The van der Waals surface area contributed by atoms with Crippen molar-refractivity contribution in [2.75, 3.05) is 13.2 Å². The van der Waals surface area contributed by atoms with Gasteiger partial charge in [-0.05, 0) is 31.2 Å². The predicted molar refractivity (Wildman–Crippen MR) is 66.7 cm³/mol.